The molecule has 0 spiro atoms. The van der Waals surface area contributed by atoms with E-state index < -0.39 is 12.7 Å². The van der Waals surface area contributed by atoms with Gasteiger partial charge in [-0.15, -0.1) is 12.4 Å². The Balaban J connectivity index is 0.00000225. The number of hydrogen-bond acceptors (Lipinski definition) is 2. The third-order valence-electron chi connectivity index (χ3n) is 1.78. The third-order valence-corrected chi connectivity index (χ3v) is 1.78. The van der Waals surface area contributed by atoms with Gasteiger partial charge < -0.3 is 5.32 Å². The summed E-state index contributed by atoms with van der Waals surface area (Å²) in [5.74, 6) is 0. The first-order valence-corrected chi connectivity index (χ1v) is 4.80. The van der Waals surface area contributed by atoms with Crippen molar-refractivity contribution in [1.29, 1.82) is 0 Å². The molecule has 0 aliphatic rings. The first kappa shape index (κ1) is 15.2. The van der Waals surface area contributed by atoms with E-state index in [-0.39, 0.29) is 12.4 Å². The molecule has 0 saturated heterocycles. The maximum atomic E-state index is 12.0. The molecule has 0 bridgehead atoms. The van der Waals surface area contributed by atoms with E-state index in [2.05, 4.69) is 10.4 Å². The van der Waals surface area contributed by atoms with Gasteiger partial charge in [-0.05, 0) is 13.0 Å². The summed E-state index contributed by atoms with van der Waals surface area (Å²) in [5, 5.41) is 6.73. The molecule has 16 heavy (non-hydrogen) atoms. The minimum atomic E-state index is -4.21. The number of halogens is 4. The summed E-state index contributed by atoms with van der Waals surface area (Å²) in [6, 6.07) is 0. The summed E-state index contributed by atoms with van der Waals surface area (Å²) in [7, 11) is 0. The van der Waals surface area contributed by atoms with Gasteiger partial charge in [0.05, 0.1) is 6.20 Å². The molecule has 3 nitrogen and oxygen atoms in total. The number of aromatic nitrogens is 2. The smallest absolute Gasteiger partial charge is 0.313 e. The van der Waals surface area contributed by atoms with E-state index in [1.807, 2.05) is 6.92 Å². The Morgan fingerprint density at radius 1 is 1.44 bits per heavy atom. The molecule has 1 rings (SSSR count). The third kappa shape index (κ3) is 5.97. The molecule has 1 heterocycles. The van der Waals surface area contributed by atoms with Gasteiger partial charge in [0.2, 0.25) is 0 Å². The molecule has 0 aliphatic heterocycles. The van der Waals surface area contributed by atoms with Crippen molar-refractivity contribution in [3.05, 3.63) is 18.0 Å². The highest BCUT2D eigenvalue weighted by Crippen LogP contribution is 2.16. The Labute approximate surface area is 98.4 Å². The van der Waals surface area contributed by atoms with Crippen molar-refractivity contribution < 1.29 is 13.2 Å². The van der Waals surface area contributed by atoms with Crippen molar-refractivity contribution >= 4 is 12.4 Å². The van der Waals surface area contributed by atoms with Crippen molar-refractivity contribution in [3.63, 3.8) is 0 Å². The van der Waals surface area contributed by atoms with Crippen LogP contribution in [0.2, 0.25) is 0 Å². The minimum Gasteiger partial charge on any atom is -0.313 e. The molecule has 0 saturated carbocycles. The van der Waals surface area contributed by atoms with E-state index in [0.29, 0.717) is 6.54 Å². The zero-order valence-electron chi connectivity index (χ0n) is 8.92. The van der Waals surface area contributed by atoms with Crippen molar-refractivity contribution in [2.75, 3.05) is 6.54 Å². The zero-order chi connectivity index (χ0) is 11.3. The maximum absolute atomic E-state index is 12.0. The summed E-state index contributed by atoms with van der Waals surface area (Å²) < 4.78 is 36.8. The van der Waals surface area contributed by atoms with Gasteiger partial charge in [0, 0.05) is 18.3 Å². The molecule has 1 aromatic heterocycles. The number of hydrogen-bond donors (Lipinski definition) is 1. The molecule has 94 valence electrons. The van der Waals surface area contributed by atoms with E-state index in [1.165, 1.54) is 12.4 Å². The van der Waals surface area contributed by atoms with Gasteiger partial charge in [-0.1, -0.05) is 6.92 Å². The molecule has 0 fully saturated rings. The molecular weight excluding hydrogens is 243 g/mol. The molecule has 0 aliphatic carbocycles. The van der Waals surface area contributed by atoms with Crippen LogP contribution in [-0.4, -0.2) is 22.5 Å². The normalized spacial score (nSPS) is 11.2. The Kier molecular flexibility index (Phi) is 6.43. The second-order valence-electron chi connectivity index (χ2n) is 3.34. The lowest BCUT2D eigenvalue weighted by Crippen LogP contribution is -2.18. The maximum Gasteiger partial charge on any atom is 0.408 e. The summed E-state index contributed by atoms with van der Waals surface area (Å²) in [5.41, 5.74) is 0.771. The van der Waals surface area contributed by atoms with Gasteiger partial charge in [-0.2, -0.15) is 18.3 Å². The van der Waals surface area contributed by atoms with E-state index in [9.17, 15) is 13.2 Å². The van der Waals surface area contributed by atoms with Crippen LogP contribution < -0.4 is 5.32 Å². The summed E-state index contributed by atoms with van der Waals surface area (Å²) in [6.45, 7) is 2.41. The molecule has 1 N–H and O–H groups in total. The second kappa shape index (κ2) is 6.75. The molecule has 0 unspecified atom stereocenters. The SMILES string of the molecule is CCCNCc1cnn(CC(F)(F)F)c1.Cl. The van der Waals surface area contributed by atoms with Gasteiger partial charge in [0.15, 0.2) is 0 Å². The average Bonchev–Trinajstić information content (AvgIpc) is 2.50. The molecule has 0 amide bonds. The quantitative estimate of drug-likeness (QED) is 0.821. The first-order chi connectivity index (χ1) is 7.01. The number of rotatable bonds is 5. The largest absolute Gasteiger partial charge is 0.408 e. The predicted molar refractivity (Wildman–Crippen MR) is 57.5 cm³/mol. The van der Waals surface area contributed by atoms with Crippen LogP contribution in [0.1, 0.15) is 18.9 Å². The molecule has 1 aromatic rings. The summed E-state index contributed by atoms with van der Waals surface area (Å²) in [6.07, 6.45) is -0.346. The van der Waals surface area contributed by atoms with E-state index in [0.717, 1.165) is 23.2 Å². The number of nitrogens with zero attached hydrogens (tertiary/aromatic N) is 2. The lowest BCUT2D eigenvalue weighted by molar-refractivity contribution is -0.142. The number of alkyl halides is 3. The van der Waals surface area contributed by atoms with Gasteiger partial charge in [-0.3, -0.25) is 4.68 Å². The average molecular weight is 258 g/mol. The topological polar surface area (TPSA) is 29.9 Å². The Bertz CT molecular complexity index is 298. The highest BCUT2D eigenvalue weighted by atomic mass is 35.5. The van der Waals surface area contributed by atoms with Crippen LogP contribution in [0, 0.1) is 0 Å². The van der Waals surface area contributed by atoms with Crippen LogP contribution in [0.15, 0.2) is 12.4 Å². The van der Waals surface area contributed by atoms with Crippen molar-refractivity contribution in [2.45, 2.75) is 32.6 Å². The fourth-order valence-electron chi connectivity index (χ4n) is 1.18. The van der Waals surface area contributed by atoms with E-state index >= 15 is 0 Å². The summed E-state index contributed by atoms with van der Waals surface area (Å²) >= 11 is 0. The minimum absolute atomic E-state index is 0. The van der Waals surface area contributed by atoms with Crippen LogP contribution in [0.4, 0.5) is 13.2 Å². The van der Waals surface area contributed by atoms with Gasteiger partial charge in [0.1, 0.15) is 6.54 Å². The lowest BCUT2D eigenvalue weighted by atomic mass is 10.3. The fourth-order valence-corrected chi connectivity index (χ4v) is 1.18. The first-order valence-electron chi connectivity index (χ1n) is 4.80. The highest BCUT2D eigenvalue weighted by Gasteiger charge is 2.28. The van der Waals surface area contributed by atoms with E-state index in [1.54, 1.807) is 0 Å². The zero-order valence-corrected chi connectivity index (χ0v) is 9.74. The van der Waals surface area contributed by atoms with Crippen molar-refractivity contribution in [3.8, 4) is 0 Å². The fraction of sp³-hybridized carbons (Fsp3) is 0.667. The molecular formula is C9H15ClF3N3. The van der Waals surface area contributed by atoms with Gasteiger partial charge in [-0.25, -0.2) is 0 Å². The van der Waals surface area contributed by atoms with Crippen LogP contribution in [-0.2, 0) is 13.1 Å². The van der Waals surface area contributed by atoms with Crippen LogP contribution in [0.3, 0.4) is 0 Å². The predicted octanol–water partition coefficient (Wildman–Crippen LogP) is 2.37. The lowest BCUT2D eigenvalue weighted by Gasteiger charge is -2.05. The standard InChI is InChI=1S/C9H14F3N3.ClH/c1-2-3-13-4-8-5-14-15(6-8)7-9(10,11)12;/h5-6,13H,2-4,7H2,1H3;1H. The molecule has 0 radical (unpaired) electrons. The highest BCUT2D eigenvalue weighted by molar-refractivity contribution is 5.85. The van der Waals surface area contributed by atoms with Crippen LogP contribution in [0.25, 0.3) is 0 Å². The molecule has 0 aromatic carbocycles. The van der Waals surface area contributed by atoms with Gasteiger partial charge in [0.25, 0.3) is 0 Å². The molecule has 0 atom stereocenters. The van der Waals surface area contributed by atoms with Crippen LogP contribution >= 0.6 is 12.4 Å². The van der Waals surface area contributed by atoms with Crippen LogP contribution in [0.5, 0.6) is 0 Å². The van der Waals surface area contributed by atoms with Gasteiger partial charge >= 0.3 is 6.18 Å². The van der Waals surface area contributed by atoms with Crippen molar-refractivity contribution in [2.24, 2.45) is 0 Å². The van der Waals surface area contributed by atoms with E-state index in [4.69, 9.17) is 0 Å². The Morgan fingerprint density at radius 3 is 2.69 bits per heavy atom. The Morgan fingerprint density at radius 2 is 2.12 bits per heavy atom. The van der Waals surface area contributed by atoms with Crippen molar-refractivity contribution in [1.82, 2.24) is 15.1 Å². The monoisotopic (exact) mass is 257 g/mol. The summed E-state index contributed by atoms with van der Waals surface area (Å²) in [4.78, 5) is 0. The second-order valence-corrected chi connectivity index (χ2v) is 3.34. The Hall–Kier alpha value is -0.750. The molecule has 7 heteroatoms. The number of nitrogens with one attached hydrogen (secondary N) is 1.